The molecule has 5 nitrogen and oxygen atoms in total. The van der Waals surface area contributed by atoms with Crippen LogP contribution in [0.1, 0.15) is 18.4 Å². The van der Waals surface area contributed by atoms with Crippen molar-refractivity contribution in [3.05, 3.63) is 29.6 Å². The van der Waals surface area contributed by atoms with Gasteiger partial charge in [0.1, 0.15) is 11.9 Å². The smallest absolute Gasteiger partial charge is 0.243 e. The highest BCUT2D eigenvalue weighted by molar-refractivity contribution is 7.89. The number of halogens is 1. The third-order valence-electron chi connectivity index (χ3n) is 3.20. The third-order valence-corrected chi connectivity index (χ3v) is 5.15. The molecular formula is C12H13FN2O3S. The van der Waals surface area contributed by atoms with E-state index >= 15 is 0 Å². The van der Waals surface area contributed by atoms with Gasteiger partial charge in [-0.3, -0.25) is 0 Å². The van der Waals surface area contributed by atoms with E-state index < -0.39 is 21.9 Å². The van der Waals surface area contributed by atoms with Gasteiger partial charge in [-0.1, -0.05) is 0 Å². The van der Waals surface area contributed by atoms with Gasteiger partial charge in [-0.05, 0) is 31.0 Å². The van der Waals surface area contributed by atoms with Gasteiger partial charge in [-0.25, -0.2) is 12.8 Å². The fourth-order valence-electron chi connectivity index (χ4n) is 2.19. The average Bonchev–Trinajstić information content (AvgIpc) is 2.88. The molecule has 0 saturated carbocycles. The molecule has 0 spiro atoms. The Labute approximate surface area is 110 Å². The van der Waals surface area contributed by atoms with Gasteiger partial charge in [0.25, 0.3) is 0 Å². The quantitative estimate of drug-likeness (QED) is 0.892. The number of benzene rings is 1. The second kappa shape index (κ2) is 5.25. The highest BCUT2D eigenvalue weighted by atomic mass is 32.2. The molecule has 0 bridgehead atoms. The maximum Gasteiger partial charge on any atom is 0.243 e. The van der Waals surface area contributed by atoms with Gasteiger partial charge in [0, 0.05) is 12.6 Å². The Balaban J connectivity index is 2.43. The molecule has 1 heterocycles. The minimum atomic E-state index is -3.79. The molecule has 1 aromatic carbocycles. The average molecular weight is 284 g/mol. The maximum absolute atomic E-state index is 13.2. The minimum absolute atomic E-state index is 0.120. The van der Waals surface area contributed by atoms with Crippen LogP contribution < -0.4 is 0 Å². The SMILES string of the molecule is N#Cc1cc(S(=O)(=O)N2CCCC2CO)ccc1F. The number of sulfonamides is 1. The predicted octanol–water partition coefficient (Wildman–Crippen LogP) is 0.843. The van der Waals surface area contributed by atoms with Crippen molar-refractivity contribution in [2.75, 3.05) is 13.2 Å². The molecule has 2 rings (SSSR count). The molecule has 1 saturated heterocycles. The molecule has 1 N–H and O–H groups in total. The van der Waals surface area contributed by atoms with Gasteiger partial charge >= 0.3 is 0 Å². The minimum Gasteiger partial charge on any atom is -0.395 e. The van der Waals surface area contributed by atoms with E-state index in [0.29, 0.717) is 19.4 Å². The lowest BCUT2D eigenvalue weighted by Crippen LogP contribution is -2.37. The van der Waals surface area contributed by atoms with E-state index in [9.17, 15) is 17.9 Å². The summed E-state index contributed by atoms with van der Waals surface area (Å²) in [5.74, 6) is -0.749. The van der Waals surface area contributed by atoms with Crippen LogP contribution in [0.5, 0.6) is 0 Å². The fourth-order valence-corrected chi connectivity index (χ4v) is 3.91. The molecule has 1 aliphatic heterocycles. The standard InChI is InChI=1S/C12H13FN2O3S/c13-12-4-3-11(6-9(12)7-14)19(17,18)15-5-1-2-10(15)8-16/h3-4,6,10,16H,1-2,5,8H2. The number of nitrogens with zero attached hydrogens (tertiary/aromatic N) is 2. The summed E-state index contributed by atoms with van der Waals surface area (Å²) < 4.78 is 39.1. The van der Waals surface area contributed by atoms with Gasteiger partial charge in [0.2, 0.25) is 10.0 Å². The van der Waals surface area contributed by atoms with Gasteiger partial charge in [-0.15, -0.1) is 0 Å². The molecule has 0 aromatic heterocycles. The number of hydrogen-bond donors (Lipinski definition) is 1. The largest absolute Gasteiger partial charge is 0.395 e. The Kier molecular flexibility index (Phi) is 3.85. The van der Waals surface area contributed by atoms with E-state index in [1.807, 2.05) is 0 Å². The van der Waals surface area contributed by atoms with E-state index in [4.69, 9.17) is 5.26 Å². The second-order valence-electron chi connectivity index (χ2n) is 4.35. The van der Waals surface area contributed by atoms with Crippen molar-refractivity contribution in [2.24, 2.45) is 0 Å². The van der Waals surface area contributed by atoms with E-state index in [1.165, 1.54) is 4.31 Å². The third kappa shape index (κ3) is 2.47. The highest BCUT2D eigenvalue weighted by Crippen LogP contribution is 2.26. The summed E-state index contributed by atoms with van der Waals surface area (Å²) in [5.41, 5.74) is -0.305. The summed E-state index contributed by atoms with van der Waals surface area (Å²) >= 11 is 0. The van der Waals surface area contributed by atoms with Crippen LogP contribution in [0.25, 0.3) is 0 Å². The first-order chi connectivity index (χ1) is 9.00. The zero-order valence-electron chi connectivity index (χ0n) is 10.1. The van der Waals surface area contributed by atoms with Crippen molar-refractivity contribution < 1.29 is 17.9 Å². The summed E-state index contributed by atoms with van der Waals surface area (Å²) in [6, 6.07) is 4.30. The van der Waals surface area contributed by atoms with Gasteiger partial charge in [-0.2, -0.15) is 9.57 Å². The van der Waals surface area contributed by atoms with Crippen LogP contribution in [0.4, 0.5) is 4.39 Å². The zero-order chi connectivity index (χ0) is 14.0. The maximum atomic E-state index is 13.2. The summed E-state index contributed by atoms with van der Waals surface area (Å²) in [7, 11) is -3.79. The van der Waals surface area contributed by atoms with Crippen LogP contribution in [0.2, 0.25) is 0 Å². The lowest BCUT2D eigenvalue weighted by atomic mass is 10.2. The van der Waals surface area contributed by atoms with Crippen molar-refractivity contribution in [2.45, 2.75) is 23.8 Å². The molecule has 102 valence electrons. The first kappa shape index (κ1) is 13.9. The van der Waals surface area contributed by atoms with Crippen molar-refractivity contribution in [1.82, 2.24) is 4.31 Å². The van der Waals surface area contributed by atoms with E-state index in [2.05, 4.69) is 0 Å². The summed E-state index contributed by atoms with van der Waals surface area (Å²) in [6.07, 6.45) is 1.28. The summed E-state index contributed by atoms with van der Waals surface area (Å²) in [6.45, 7) is 0.0817. The van der Waals surface area contributed by atoms with Crippen LogP contribution in [0.15, 0.2) is 23.1 Å². The Morgan fingerprint density at radius 1 is 1.53 bits per heavy atom. The lowest BCUT2D eigenvalue weighted by molar-refractivity contribution is 0.213. The number of nitriles is 1. The fraction of sp³-hybridized carbons (Fsp3) is 0.417. The Bertz CT molecular complexity index is 624. The number of hydrogen-bond acceptors (Lipinski definition) is 4. The van der Waals surface area contributed by atoms with Gasteiger partial charge < -0.3 is 5.11 Å². The van der Waals surface area contributed by atoms with Crippen LogP contribution in [0, 0.1) is 17.1 Å². The Morgan fingerprint density at radius 3 is 2.89 bits per heavy atom. The van der Waals surface area contributed by atoms with Crippen molar-refractivity contribution in [3.63, 3.8) is 0 Å². The Morgan fingerprint density at radius 2 is 2.26 bits per heavy atom. The molecule has 0 aliphatic carbocycles. The molecule has 1 fully saturated rings. The number of aliphatic hydroxyl groups is 1. The first-order valence-electron chi connectivity index (χ1n) is 5.83. The monoisotopic (exact) mass is 284 g/mol. The van der Waals surface area contributed by atoms with Crippen LogP contribution in [0.3, 0.4) is 0 Å². The molecule has 19 heavy (non-hydrogen) atoms. The predicted molar refractivity (Wildman–Crippen MR) is 65.1 cm³/mol. The Hall–Kier alpha value is -1.49. The molecule has 0 radical (unpaired) electrons. The summed E-state index contributed by atoms with van der Waals surface area (Å²) in [4.78, 5) is -0.120. The number of aliphatic hydroxyl groups excluding tert-OH is 1. The van der Waals surface area contributed by atoms with Crippen molar-refractivity contribution in [3.8, 4) is 6.07 Å². The number of rotatable bonds is 3. The van der Waals surface area contributed by atoms with Crippen molar-refractivity contribution >= 4 is 10.0 Å². The van der Waals surface area contributed by atoms with E-state index in [0.717, 1.165) is 18.2 Å². The van der Waals surface area contributed by atoms with Crippen molar-refractivity contribution in [1.29, 1.82) is 5.26 Å². The van der Waals surface area contributed by atoms with Crippen LogP contribution >= 0.6 is 0 Å². The molecule has 0 amide bonds. The van der Waals surface area contributed by atoms with Gasteiger partial charge in [0.05, 0.1) is 17.1 Å². The first-order valence-corrected chi connectivity index (χ1v) is 7.27. The molecule has 1 aliphatic rings. The van der Waals surface area contributed by atoms with Crippen LogP contribution in [-0.2, 0) is 10.0 Å². The zero-order valence-corrected chi connectivity index (χ0v) is 10.9. The molecule has 1 unspecified atom stereocenters. The summed E-state index contributed by atoms with van der Waals surface area (Å²) in [5, 5.41) is 17.9. The normalized spacial score (nSPS) is 20.4. The lowest BCUT2D eigenvalue weighted by Gasteiger charge is -2.22. The van der Waals surface area contributed by atoms with Gasteiger partial charge in [0.15, 0.2) is 0 Å². The molecular weight excluding hydrogens is 271 g/mol. The molecule has 7 heteroatoms. The van der Waals surface area contributed by atoms with E-state index in [-0.39, 0.29) is 17.1 Å². The second-order valence-corrected chi connectivity index (χ2v) is 6.24. The topological polar surface area (TPSA) is 81.4 Å². The molecule has 1 aromatic rings. The highest BCUT2D eigenvalue weighted by Gasteiger charge is 2.35. The van der Waals surface area contributed by atoms with E-state index in [1.54, 1.807) is 6.07 Å². The molecule has 1 atom stereocenters. The van der Waals surface area contributed by atoms with Crippen LogP contribution in [-0.4, -0.2) is 37.0 Å².